The molecule has 4 atom stereocenters. The Bertz CT molecular complexity index is 585. The molecule has 0 fully saturated rings. The molecule has 0 aliphatic heterocycles. The molecule has 0 saturated carbocycles. The normalized spacial score (nSPS) is 15.2. The van der Waals surface area contributed by atoms with E-state index in [1.54, 1.807) is 13.8 Å². The first-order valence-electron chi connectivity index (χ1n) is 8.12. The summed E-state index contributed by atoms with van der Waals surface area (Å²) < 4.78 is 0. The van der Waals surface area contributed by atoms with Crippen LogP contribution in [0.4, 0.5) is 0 Å². The number of rotatable bonds is 11. The van der Waals surface area contributed by atoms with Crippen molar-refractivity contribution in [3.05, 3.63) is 0 Å². The fourth-order valence-electron chi connectivity index (χ4n) is 1.90. The van der Waals surface area contributed by atoms with Crippen molar-refractivity contribution in [2.24, 2.45) is 11.7 Å². The highest BCUT2D eigenvalue weighted by Crippen LogP contribution is 2.05. The Morgan fingerprint density at radius 1 is 0.926 bits per heavy atom. The minimum absolute atomic E-state index is 0.0510. The van der Waals surface area contributed by atoms with Gasteiger partial charge in [0, 0.05) is 5.75 Å². The van der Waals surface area contributed by atoms with Crippen LogP contribution in [0.3, 0.4) is 0 Å². The Labute approximate surface area is 161 Å². The standard InChI is InChI=1S/C15H26N4O7S/c1-6(2)11(19-12(22)8(16)5-27)14(24)18-9(4-10(20)21)13(23)17-7(3)15(25)26/h6-9,11,27H,4-5,16H2,1-3H3,(H,17,23)(H,18,24)(H,19,22)(H,20,21)(H,25,26). The number of thiol groups is 1. The lowest BCUT2D eigenvalue weighted by Crippen LogP contribution is -2.58. The first-order chi connectivity index (χ1) is 12.4. The molecule has 0 spiro atoms. The molecule has 0 aliphatic rings. The van der Waals surface area contributed by atoms with Gasteiger partial charge in [-0.2, -0.15) is 12.6 Å². The summed E-state index contributed by atoms with van der Waals surface area (Å²) in [6, 6.07) is -4.82. The molecule has 0 saturated heterocycles. The largest absolute Gasteiger partial charge is 0.481 e. The molecule has 0 rings (SSSR count). The van der Waals surface area contributed by atoms with Crippen molar-refractivity contribution in [1.82, 2.24) is 16.0 Å². The highest BCUT2D eigenvalue weighted by Gasteiger charge is 2.31. The Hall–Kier alpha value is -2.34. The van der Waals surface area contributed by atoms with Gasteiger partial charge in [0.25, 0.3) is 0 Å². The molecule has 12 heteroatoms. The van der Waals surface area contributed by atoms with E-state index in [0.717, 1.165) is 0 Å². The number of carboxylic acid groups (broad SMARTS) is 2. The van der Waals surface area contributed by atoms with Crippen LogP contribution >= 0.6 is 12.6 Å². The van der Waals surface area contributed by atoms with E-state index in [1.807, 2.05) is 0 Å². The van der Waals surface area contributed by atoms with Crippen molar-refractivity contribution in [2.45, 2.75) is 51.4 Å². The van der Waals surface area contributed by atoms with Crippen LogP contribution in [0.25, 0.3) is 0 Å². The molecule has 0 radical (unpaired) electrons. The second kappa shape index (κ2) is 11.4. The molecular formula is C15H26N4O7S. The Morgan fingerprint density at radius 2 is 1.48 bits per heavy atom. The van der Waals surface area contributed by atoms with E-state index < -0.39 is 66.2 Å². The summed E-state index contributed by atoms with van der Waals surface area (Å²) in [7, 11) is 0. The molecular weight excluding hydrogens is 380 g/mol. The fraction of sp³-hybridized carbons (Fsp3) is 0.667. The zero-order valence-corrected chi connectivity index (χ0v) is 16.2. The molecule has 27 heavy (non-hydrogen) atoms. The third kappa shape index (κ3) is 8.73. The predicted octanol–water partition coefficient (Wildman–Crippen LogP) is -2.07. The Morgan fingerprint density at radius 3 is 1.89 bits per heavy atom. The maximum Gasteiger partial charge on any atom is 0.325 e. The van der Waals surface area contributed by atoms with Crippen LogP contribution in [0, 0.1) is 5.92 Å². The van der Waals surface area contributed by atoms with Gasteiger partial charge < -0.3 is 31.9 Å². The van der Waals surface area contributed by atoms with Gasteiger partial charge in [0.1, 0.15) is 18.1 Å². The number of hydrogen-bond donors (Lipinski definition) is 7. The maximum absolute atomic E-state index is 12.5. The molecule has 0 bridgehead atoms. The van der Waals surface area contributed by atoms with E-state index in [9.17, 15) is 24.0 Å². The van der Waals surface area contributed by atoms with Crippen molar-refractivity contribution >= 4 is 42.3 Å². The van der Waals surface area contributed by atoms with Crippen LogP contribution < -0.4 is 21.7 Å². The lowest BCUT2D eigenvalue weighted by atomic mass is 10.0. The molecule has 3 amide bonds. The van der Waals surface area contributed by atoms with Crippen LogP contribution in [0.15, 0.2) is 0 Å². The van der Waals surface area contributed by atoms with Gasteiger partial charge in [0.15, 0.2) is 0 Å². The van der Waals surface area contributed by atoms with Gasteiger partial charge >= 0.3 is 11.9 Å². The van der Waals surface area contributed by atoms with E-state index in [1.165, 1.54) is 6.92 Å². The summed E-state index contributed by atoms with van der Waals surface area (Å²) in [5.41, 5.74) is 5.55. The summed E-state index contributed by atoms with van der Waals surface area (Å²) in [4.78, 5) is 58.3. The third-order valence-electron chi connectivity index (χ3n) is 3.52. The second-order valence-electron chi connectivity index (χ2n) is 6.25. The van der Waals surface area contributed by atoms with Crippen LogP contribution in [-0.4, -0.2) is 69.8 Å². The van der Waals surface area contributed by atoms with E-state index in [2.05, 4.69) is 28.6 Å². The summed E-state index contributed by atoms with van der Waals surface area (Å²) in [5, 5.41) is 24.5. The van der Waals surface area contributed by atoms with Crippen LogP contribution in [0.1, 0.15) is 27.2 Å². The van der Waals surface area contributed by atoms with E-state index in [4.69, 9.17) is 15.9 Å². The van der Waals surface area contributed by atoms with E-state index in [-0.39, 0.29) is 5.75 Å². The zero-order valence-electron chi connectivity index (χ0n) is 15.3. The molecule has 0 heterocycles. The number of carbonyl (C=O) groups excluding carboxylic acids is 3. The first-order valence-corrected chi connectivity index (χ1v) is 8.76. The molecule has 7 N–H and O–H groups in total. The van der Waals surface area contributed by atoms with Gasteiger partial charge in [0.2, 0.25) is 17.7 Å². The number of nitrogens with one attached hydrogen (secondary N) is 3. The minimum atomic E-state index is -1.52. The van der Waals surface area contributed by atoms with Gasteiger partial charge in [0.05, 0.1) is 12.5 Å². The van der Waals surface area contributed by atoms with Crippen molar-refractivity contribution in [3.8, 4) is 0 Å². The number of amides is 3. The molecule has 0 aromatic carbocycles. The number of aliphatic carboxylic acids is 2. The maximum atomic E-state index is 12.5. The quantitative estimate of drug-likeness (QED) is 0.191. The topological polar surface area (TPSA) is 188 Å². The average Bonchev–Trinajstić information content (AvgIpc) is 2.56. The first kappa shape index (κ1) is 24.7. The summed E-state index contributed by atoms with van der Waals surface area (Å²) in [5.74, 6) is -5.44. The number of hydrogen-bond acceptors (Lipinski definition) is 7. The van der Waals surface area contributed by atoms with Crippen molar-refractivity contribution in [1.29, 1.82) is 0 Å². The number of nitrogens with two attached hydrogens (primary N) is 1. The number of carboxylic acids is 2. The SMILES string of the molecule is CC(NC(=O)C(CC(=O)O)NC(=O)C(NC(=O)C(N)CS)C(C)C)C(=O)O. The van der Waals surface area contributed by atoms with Crippen molar-refractivity contribution < 1.29 is 34.2 Å². The monoisotopic (exact) mass is 406 g/mol. The lowest BCUT2D eigenvalue weighted by Gasteiger charge is -2.26. The summed E-state index contributed by atoms with van der Waals surface area (Å²) in [6.07, 6.45) is -0.765. The highest BCUT2D eigenvalue weighted by atomic mass is 32.1. The fourth-order valence-corrected chi connectivity index (χ4v) is 2.07. The van der Waals surface area contributed by atoms with Crippen LogP contribution in [0.2, 0.25) is 0 Å². The van der Waals surface area contributed by atoms with Gasteiger partial charge in [-0.05, 0) is 12.8 Å². The van der Waals surface area contributed by atoms with Crippen LogP contribution in [-0.2, 0) is 24.0 Å². The summed E-state index contributed by atoms with van der Waals surface area (Å²) >= 11 is 3.90. The Kier molecular flexibility index (Phi) is 10.4. The summed E-state index contributed by atoms with van der Waals surface area (Å²) in [6.45, 7) is 4.46. The van der Waals surface area contributed by atoms with Crippen LogP contribution in [0.5, 0.6) is 0 Å². The Balaban J connectivity index is 5.26. The van der Waals surface area contributed by atoms with Crippen molar-refractivity contribution in [2.75, 3.05) is 5.75 Å². The van der Waals surface area contributed by atoms with E-state index >= 15 is 0 Å². The van der Waals surface area contributed by atoms with Crippen molar-refractivity contribution in [3.63, 3.8) is 0 Å². The molecule has 4 unspecified atom stereocenters. The molecule has 0 aliphatic carbocycles. The van der Waals surface area contributed by atoms with Gasteiger partial charge in [-0.15, -0.1) is 0 Å². The van der Waals surface area contributed by atoms with Gasteiger partial charge in [-0.25, -0.2) is 0 Å². The highest BCUT2D eigenvalue weighted by molar-refractivity contribution is 7.80. The number of carbonyl (C=O) groups is 5. The molecule has 0 aromatic rings. The lowest BCUT2D eigenvalue weighted by molar-refractivity contribution is -0.143. The molecule has 154 valence electrons. The van der Waals surface area contributed by atoms with Gasteiger partial charge in [-0.3, -0.25) is 24.0 Å². The predicted molar refractivity (Wildman–Crippen MR) is 98.0 cm³/mol. The average molecular weight is 406 g/mol. The zero-order chi connectivity index (χ0) is 21.3. The molecule has 0 aromatic heterocycles. The van der Waals surface area contributed by atoms with E-state index in [0.29, 0.717) is 0 Å². The smallest absolute Gasteiger partial charge is 0.325 e. The molecule has 11 nitrogen and oxygen atoms in total. The third-order valence-corrected chi connectivity index (χ3v) is 3.91. The van der Waals surface area contributed by atoms with Gasteiger partial charge in [-0.1, -0.05) is 13.8 Å². The second-order valence-corrected chi connectivity index (χ2v) is 6.61. The minimum Gasteiger partial charge on any atom is -0.481 e.